The van der Waals surface area contributed by atoms with Crippen molar-refractivity contribution < 1.29 is 0 Å². The SMILES string of the molecule is ClCc1cn2cccc(I)c2n1. The number of aromatic nitrogens is 2. The van der Waals surface area contributed by atoms with Gasteiger partial charge in [0, 0.05) is 12.4 Å². The highest BCUT2D eigenvalue weighted by Crippen LogP contribution is 2.13. The third-order valence-electron chi connectivity index (χ3n) is 1.62. The highest BCUT2D eigenvalue weighted by Gasteiger charge is 2.01. The third-order valence-corrected chi connectivity index (χ3v) is 2.74. The lowest BCUT2D eigenvalue weighted by Gasteiger charge is -1.92. The van der Waals surface area contributed by atoms with Crippen molar-refractivity contribution in [1.29, 1.82) is 0 Å². The van der Waals surface area contributed by atoms with Crippen LogP contribution in [0.25, 0.3) is 5.65 Å². The maximum absolute atomic E-state index is 5.67. The summed E-state index contributed by atoms with van der Waals surface area (Å²) in [6, 6.07) is 4.02. The molecule has 12 heavy (non-hydrogen) atoms. The Morgan fingerprint density at radius 2 is 2.42 bits per heavy atom. The van der Waals surface area contributed by atoms with Crippen LogP contribution in [0, 0.1) is 3.57 Å². The van der Waals surface area contributed by atoms with E-state index in [0.29, 0.717) is 5.88 Å². The van der Waals surface area contributed by atoms with Crippen LogP contribution in [-0.2, 0) is 5.88 Å². The molecule has 0 aliphatic rings. The van der Waals surface area contributed by atoms with Gasteiger partial charge in [-0.25, -0.2) is 4.98 Å². The zero-order valence-corrected chi connectivity index (χ0v) is 9.08. The summed E-state index contributed by atoms with van der Waals surface area (Å²) in [4.78, 5) is 4.35. The van der Waals surface area contributed by atoms with Crippen molar-refractivity contribution in [2.45, 2.75) is 5.88 Å². The standard InChI is InChI=1S/C8H6ClIN2/c9-4-6-5-12-3-1-2-7(10)8(12)11-6/h1-3,5H,4H2. The summed E-state index contributed by atoms with van der Waals surface area (Å²) in [7, 11) is 0. The van der Waals surface area contributed by atoms with Crippen LogP contribution in [0.2, 0.25) is 0 Å². The number of pyridine rings is 1. The topological polar surface area (TPSA) is 17.3 Å². The van der Waals surface area contributed by atoms with Gasteiger partial charge in [0.15, 0.2) is 5.65 Å². The lowest BCUT2D eigenvalue weighted by atomic mass is 10.5. The van der Waals surface area contributed by atoms with Crippen LogP contribution < -0.4 is 0 Å². The van der Waals surface area contributed by atoms with Crippen molar-refractivity contribution in [3.63, 3.8) is 0 Å². The van der Waals surface area contributed by atoms with Gasteiger partial charge in [0.25, 0.3) is 0 Å². The third kappa shape index (κ3) is 1.31. The Balaban J connectivity index is 2.74. The summed E-state index contributed by atoms with van der Waals surface area (Å²) in [5.74, 6) is 0.470. The van der Waals surface area contributed by atoms with Gasteiger partial charge in [-0.15, -0.1) is 11.6 Å². The van der Waals surface area contributed by atoms with E-state index < -0.39 is 0 Å². The summed E-state index contributed by atoms with van der Waals surface area (Å²) in [5.41, 5.74) is 1.90. The number of rotatable bonds is 1. The van der Waals surface area contributed by atoms with Gasteiger partial charge in [-0.05, 0) is 34.7 Å². The molecule has 0 amide bonds. The summed E-state index contributed by atoms with van der Waals surface area (Å²) in [6.07, 6.45) is 3.92. The number of hydrogen-bond donors (Lipinski definition) is 0. The molecular weight excluding hydrogens is 286 g/mol. The molecule has 2 heterocycles. The predicted molar refractivity (Wildman–Crippen MR) is 57.5 cm³/mol. The zero-order valence-electron chi connectivity index (χ0n) is 6.17. The van der Waals surface area contributed by atoms with Gasteiger partial charge < -0.3 is 4.40 Å². The lowest BCUT2D eigenvalue weighted by Crippen LogP contribution is -1.83. The van der Waals surface area contributed by atoms with Crippen molar-refractivity contribution in [3.05, 3.63) is 33.8 Å². The van der Waals surface area contributed by atoms with Crippen LogP contribution in [0.4, 0.5) is 0 Å². The molecule has 0 saturated carbocycles. The first kappa shape index (κ1) is 8.31. The van der Waals surface area contributed by atoms with Crippen molar-refractivity contribution in [2.75, 3.05) is 0 Å². The average molecular weight is 293 g/mol. The quantitative estimate of drug-likeness (QED) is 0.583. The van der Waals surface area contributed by atoms with E-state index in [0.717, 1.165) is 14.9 Å². The molecular formula is C8H6ClIN2. The van der Waals surface area contributed by atoms with E-state index in [1.165, 1.54) is 0 Å². The van der Waals surface area contributed by atoms with Gasteiger partial charge in [0.2, 0.25) is 0 Å². The summed E-state index contributed by atoms with van der Waals surface area (Å²) in [6.45, 7) is 0. The van der Waals surface area contributed by atoms with E-state index in [4.69, 9.17) is 11.6 Å². The van der Waals surface area contributed by atoms with Gasteiger partial charge in [-0.3, -0.25) is 0 Å². The smallest absolute Gasteiger partial charge is 0.150 e. The first-order chi connectivity index (χ1) is 5.81. The van der Waals surface area contributed by atoms with Gasteiger partial charge in [0.1, 0.15) is 0 Å². The highest BCUT2D eigenvalue weighted by molar-refractivity contribution is 14.1. The molecule has 0 bridgehead atoms. The van der Waals surface area contributed by atoms with Crippen LogP contribution in [0.5, 0.6) is 0 Å². The molecule has 0 atom stereocenters. The van der Waals surface area contributed by atoms with Crippen molar-refractivity contribution >= 4 is 39.8 Å². The molecule has 0 N–H and O–H groups in total. The Labute approximate surface area is 88.7 Å². The van der Waals surface area contributed by atoms with E-state index in [1.54, 1.807) is 0 Å². The largest absolute Gasteiger partial charge is 0.306 e. The minimum Gasteiger partial charge on any atom is -0.306 e. The molecule has 0 spiro atoms. The Bertz CT molecular complexity index is 410. The van der Waals surface area contributed by atoms with Crippen LogP contribution in [0.3, 0.4) is 0 Å². The number of alkyl halides is 1. The second kappa shape index (κ2) is 3.22. The second-order valence-electron chi connectivity index (χ2n) is 2.45. The lowest BCUT2D eigenvalue weighted by molar-refractivity contribution is 1.17. The average Bonchev–Trinajstić information content (AvgIpc) is 2.49. The molecule has 2 aromatic rings. The van der Waals surface area contributed by atoms with Crippen molar-refractivity contribution in [3.8, 4) is 0 Å². The van der Waals surface area contributed by atoms with E-state index in [1.807, 2.05) is 28.9 Å². The van der Waals surface area contributed by atoms with Crippen LogP contribution in [-0.4, -0.2) is 9.38 Å². The van der Waals surface area contributed by atoms with E-state index in [-0.39, 0.29) is 0 Å². The molecule has 0 aliphatic carbocycles. The maximum Gasteiger partial charge on any atom is 0.150 e. The number of halogens is 2. The molecule has 2 aromatic heterocycles. The Kier molecular flexibility index (Phi) is 2.23. The van der Waals surface area contributed by atoms with Gasteiger partial charge in [-0.1, -0.05) is 0 Å². The van der Waals surface area contributed by atoms with Gasteiger partial charge in [-0.2, -0.15) is 0 Å². The monoisotopic (exact) mass is 292 g/mol. The fourth-order valence-corrected chi connectivity index (χ4v) is 1.83. The van der Waals surface area contributed by atoms with Crippen LogP contribution in [0.15, 0.2) is 24.5 Å². The number of hydrogen-bond acceptors (Lipinski definition) is 1. The first-order valence-electron chi connectivity index (χ1n) is 3.49. The van der Waals surface area contributed by atoms with Crippen LogP contribution >= 0.6 is 34.2 Å². The van der Waals surface area contributed by atoms with Gasteiger partial charge in [0.05, 0.1) is 15.1 Å². The highest BCUT2D eigenvalue weighted by atomic mass is 127. The molecule has 0 saturated heterocycles. The molecule has 0 fully saturated rings. The molecule has 2 nitrogen and oxygen atoms in total. The normalized spacial score (nSPS) is 10.8. The molecule has 0 radical (unpaired) electrons. The number of imidazole rings is 1. The van der Waals surface area contributed by atoms with E-state index in [9.17, 15) is 0 Å². The van der Waals surface area contributed by atoms with Crippen molar-refractivity contribution in [2.24, 2.45) is 0 Å². The second-order valence-corrected chi connectivity index (χ2v) is 3.88. The fourth-order valence-electron chi connectivity index (χ4n) is 1.09. The summed E-state index contributed by atoms with van der Waals surface area (Å²) >= 11 is 7.93. The molecule has 0 unspecified atom stereocenters. The molecule has 2 rings (SSSR count). The predicted octanol–water partition coefficient (Wildman–Crippen LogP) is 2.68. The number of fused-ring (bicyclic) bond motifs is 1. The first-order valence-corrected chi connectivity index (χ1v) is 5.10. The zero-order chi connectivity index (χ0) is 8.55. The Morgan fingerprint density at radius 1 is 1.58 bits per heavy atom. The molecule has 4 heteroatoms. The van der Waals surface area contributed by atoms with Gasteiger partial charge >= 0.3 is 0 Å². The van der Waals surface area contributed by atoms with Crippen molar-refractivity contribution in [1.82, 2.24) is 9.38 Å². The summed E-state index contributed by atoms with van der Waals surface area (Å²) < 4.78 is 3.13. The summed E-state index contributed by atoms with van der Waals surface area (Å²) in [5, 5.41) is 0. The molecule has 0 aromatic carbocycles. The minimum atomic E-state index is 0.470. The minimum absolute atomic E-state index is 0.470. The maximum atomic E-state index is 5.67. The van der Waals surface area contributed by atoms with Crippen LogP contribution in [0.1, 0.15) is 5.69 Å². The molecule has 0 aliphatic heterocycles. The Hall–Kier alpha value is -0.290. The van der Waals surface area contributed by atoms with E-state index in [2.05, 4.69) is 27.6 Å². The van der Waals surface area contributed by atoms with E-state index >= 15 is 0 Å². The fraction of sp³-hybridized carbons (Fsp3) is 0.125. The number of nitrogens with zero attached hydrogens (tertiary/aromatic N) is 2. The molecule has 62 valence electrons. The Morgan fingerprint density at radius 3 is 3.08 bits per heavy atom.